The molecule has 0 aromatic carbocycles. The van der Waals surface area contributed by atoms with Gasteiger partial charge in [0.1, 0.15) is 12.2 Å². The Labute approximate surface area is 97.3 Å². The van der Waals surface area contributed by atoms with Gasteiger partial charge in [-0.15, -0.1) is 0 Å². The summed E-state index contributed by atoms with van der Waals surface area (Å²) in [6.07, 6.45) is -3.45. The van der Waals surface area contributed by atoms with Crippen LogP contribution in [0.4, 0.5) is 9.59 Å². The number of aliphatic hydroxyl groups excluding tert-OH is 2. The van der Waals surface area contributed by atoms with Gasteiger partial charge in [0.25, 0.3) is 0 Å². The van der Waals surface area contributed by atoms with Crippen molar-refractivity contribution in [3.63, 3.8) is 0 Å². The predicted octanol–water partition coefficient (Wildman–Crippen LogP) is -2.11. The second-order valence-electron chi connectivity index (χ2n) is 4.17. The number of fused-ring (bicyclic) bond motifs is 1. The number of aliphatic hydroxyl groups is 2. The van der Waals surface area contributed by atoms with Crippen LogP contribution in [-0.2, 0) is 4.74 Å². The molecule has 2 fully saturated rings. The highest BCUT2D eigenvalue weighted by molar-refractivity contribution is 5.74. The van der Waals surface area contributed by atoms with Crippen LogP contribution in [0.5, 0.6) is 0 Å². The minimum Gasteiger partial charge on any atom is -0.441 e. The summed E-state index contributed by atoms with van der Waals surface area (Å²) in [7, 11) is 1.45. The Hall–Kier alpha value is -1.54. The van der Waals surface area contributed by atoms with Crippen LogP contribution in [-0.4, -0.2) is 59.8 Å². The molecule has 1 aliphatic carbocycles. The zero-order valence-electron chi connectivity index (χ0n) is 9.21. The number of urea groups is 1. The van der Waals surface area contributed by atoms with E-state index in [9.17, 15) is 19.8 Å². The molecule has 1 aliphatic heterocycles. The number of alkyl carbamates (subject to hydrolysis) is 1. The normalized spacial score (nSPS) is 39.9. The van der Waals surface area contributed by atoms with Crippen LogP contribution < -0.4 is 16.0 Å². The lowest BCUT2D eigenvalue weighted by Crippen LogP contribution is -2.62. The van der Waals surface area contributed by atoms with E-state index in [-0.39, 0.29) is 0 Å². The third-order valence-electron chi connectivity index (χ3n) is 3.09. The third-order valence-corrected chi connectivity index (χ3v) is 3.09. The SMILES string of the molecule is CNC(=O)NC1CC2NC(=O)OC2C(O)C1O. The summed E-state index contributed by atoms with van der Waals surface area (Å²) >= 11 is 0. The molecule has 8 heteroatoms. The molecule has 5 unspecified atom stereocenters. The van der Waals surface area contributed by atoms with Crippen molar-refractivity contribution in [3.05, 3.63) is 0 Å². The smallest absolute Gasteiger partial charge is 0.407 e. The summed E-state index contributed by atoms with van der Waals surface area (Å²) in [6, 6.07) is -1.49. The molecule has 17 heavy (non-hydrogen) atoms. The number of hydrogen-bond donors (Lipinski definition) is 5. The molecule has 0 bridgehead atoms. The molecule has 96 valence electrons. The number of nitrogens with one attached hydrogen (secondary N) is 3. The maximum atomic E-state index is 11.2. The standard InChI is InChI=1S/C9H15N3O5/c1-10-8(15)11-3-2-4-7(6(14)5(3)13)17-9(16)12-4/h3-7,13-14H,2H2,1H3,(H,12,16)(H2,10,11,15). The van der Waals surface area contributed by atoms with Crippen molar-refractivity contribution in [3.8, 4) is 0 Å². The highest BCUT2D eigenvalue weighted by Crippen LogP contribution is 2.26. The molecule has 1 saturated carbocycles. The molecule has 8 nitrogen and oxygen atoms in total. The van der Waals surface area contributed by atoms with Crippen molar-refractivity contribution < 1.29 is 24.5 Å². The van der Waals surface area contributed by atoms with E-state index in [0.29, 0.717) is 6.42 Å². The average molecular weight is 245 g/mol. The van der Waals surface area contributed by atoms with Gasteiger partial charge in [0.2, 0.25) is 0 Å². The predicted molar refractivity (Wildman–Crippen MR) is 55.2 cm³/mol. The molecule has 0 aromatic rings. The van der Waals surface area contributed by atoms with Crippen LogP contribution in [0.25, 0.3) is 0 Å². The van der Waals surface area contributed by atoms with Crippen LogP contribution in [0.2, 0.25) is 0 Å². The fourth-order valence-corrected chi connectivity index (χ4v) is 2.20. The molecule has 5 atom stereocenters. The van der Waals surface area contributed by atoms with Crippen LogP contribution in [0.1, 0.15) is 6.42 Å². The lowest BCUT2D eigenvalue weighted by molar-refractivity contribution is -0.0912. The van der Waals surface area contributed by atoms with E-state index in [1.807, 2.05) is 0 Å². The fraction of sp³-hybridized carbons (Fsp3) is 0.778. The van der Waals surface area contributed by atoms with Gasteiger partial charge in [-0.25, -0.2) is 9.59 Å². The van der Waals surface area contributed by atoms with Gasteiger partial charge in [0, 0.05) is 7.05 Å². The van der Waals surface area contributed by atoms with Crippen LogP contribution in [0.3, 0.4) is 0 Å². The van der Waals surface area contributed by atoms with E-state index >= 15 is 0 Å². The Kier molecular flexibility index (Phi) is 3.07. The lowest BCUT2D eigenvalue weighted by Gasteiger charge is -2.37. The molecular weight excluding hydrogens is 230 g/mol. The highest BCUT2D eigenvalue weighted by atomic mass is 16.6. The Morgan fingerprint density at radius 2 is 2.18 bits per heavy atom. The van der Waals surface area contributed by atoms with Gasteiger partial charge in [-0.3, -0.25) is 0 Å². The maximum Gasteiger partial charge on any atom is 0.407 e. The molecule has 3 amide bonds. The van der Waals surface area contributed by atoms with Crippen LogP contribution in [0, 0.1) is 0 Å². The van der Waals surface area contributed by atoms with E-state index in [2.05, 4.69) is 16.0 Å². The Balaban J connectivity index is 2.06. The molecule has 0 radical (unpaired) electrons. The molecule has 0 aromatic heterocycles. The van der Waals surface area contributed by atoms with Crippen molar-refractivity contribution in [1.29, 1.82) is 0 Å². The number of carbonyl (C=O) groups excluding carboxylic acids is 2. The van der Waals surface area contributed by atoms with Crippen molar-refractivity contribution in [2.45, 2.75) is 36.8 Å². The molecule has 1 saturated heterocycles. The van der Waals surface area contributed by atoms with E-state index in [1.54, 1.807) is 0 Å². The van der Waals surface area contributed by atoms with E-state index in [0.717, 1.165) is 0 Å². The number of rotatable bonds is 1. The average Bonchev–Trinajstić information content (AvgIpc) is 2.66. The number of amides is 3. The Bertz CT molecular complexity index is 337. The molecule has 1 heterocycles. The summed E-state index contributed by atoms with van der Waals surface area (Å²) in [5, 5.41) is 27.0. The summed E-state index contributed by atoms with van der Waals surface area (Å²) in [4.78, 5) is 22.2. The van der Waals surface area contributed by atoms with Crippen molar-refractivity contribution in [2.75, 3.05) is 7.05 Å². The van der Waals surface area contributed by atoms with Gasteiger partial charge in [0.05, 0.1) is 12.1 Å². The Morgan fingerprint density at radius 3 is 2.82 bits per heavy atom. The number of ether oxygens (including phenoxy) is 1. The first-order valence-corrected chi connectivity index (χ1v) is 5.34. The van der Waals surface area contributed by atoms with Crippen LogP contribution >= 0.6 is 0 Å². The summed E-state index contributed by atoms with van der Waals surface area (Å²) < 4.78 is 4.84. The van der Waals surface area contributed by atoms with Gasteiger partial charge in [0.15, 0.2) is 6.10 Å². The minimum absolute atomic E-state index is 0.308. The summed E-state index contributed by atoms with van der Waals surface area (Å²) in [5.74, 6) is 0. The largest absolute Gasteiger partial charge is 0.441 e. The van der Waals surface area contributed by atoms with Crippen molar-refractivity contribution >= 4 is 12.1 Å². The second-order valence-corrected chi connectivity index (χ2v) is 4.17. The van der Waals surface area contributed by atoms with Crippen LogP contribution in [0.15, 0.2) is 0 Å². The van der Waals surface area contributed by atoms with Crippen molar-refractivity contribution in [2.24, 2.45) is 0 Å². The first kappa shape index (κ1) is 11.9. The zero-order chi connectivity index (χ0) is 12.6. The summed E-state index contributed by atoms with van der Waals surface area (Å²) in [6.45, 7) is 0. The highest BCUT2D eigenvalue weighted by Gasteiger charge is 2.49. The number of hydrogen-bond acceptors (Lipinski definition) is 5. The topological polar surface area (TPSA) is 120 Å². The minimum atomic E-state index is -1.21. The van der Waals surface area contributed by atoms with Gasteiger partial charge >= 0.3 is 12.1 Å². The van der Waals surface area contributed by atoms with Gasteiger partial charge in [-0.1, -0.05) is 0 Å². The third kappa shape index (κ3) is 2.13. The van der Waals surface area contributed by atoms with Gasteiger partial charge in [-0.2, -0.15) is 0 Å². The Morgan fingerprint density at radius 1 is 1.47 bits per heavy atom. The van der Waals surface area contributed by atoms with E-state index in [1.165, 1.54) is 7.05 Å². The first-order chi connectivity index (χ1) is 8.02. The number of carbonyl (C=O) groups is 2. The quantitative estimate of drug-likeness (QED) is 0.362. The molecule has 5 N–H and O–H groups in total. The molecule has 0 spiro atoms. The lowest BCUT2D eigenvalue weighted by atomic mass is 9.84. The van der Waals surface area contributed by atoms with E-state index < -0.39 is 42.5 Å². The molecule has 2 rings (SSSR count). The van der Waals surface area contributed by atoms with Crippen molar-refractivity contribution in [1.82, 2.24) is 16.0 Å². The van der Waals surface area contributed by atoms with E-state index in [4.69, 9.17) is 4.74 Å². The molecule has 2 aliphatic rings. The zero-order valence-corrected chi connectivity index (χ0v) is 9.21. The first-order valence-electron chi connectivity index (χ1n) is 5.34. The second kappa shape index (κ2) is 4.38. The fourth-order valence-electron chi connectivity index (χ4n) is 2.20. The maximum absolute atomic E-state index is 11.2. The monoisotopic (exact) mass is 245 g/mol. The summed E-state index contributed by atoms with van der Waals surface area (Å²) in [5.41, 5.74) is 0. The molecular formula is C9H15N3O5. The van der Waals surface area contributed by atoms with Gasteiger partial charge in [-0.05, 0) is 6.42 Å². The van der Waals surface area contributed by atoms with Gasteiger partial charge < -0.3 is 30.9 Å².